The summed E-state index contributed by atoms with van der Waals surface area (Å²) in [4.78, 5) is 22.8. The summed E-state index contributed by atoms with van der Waals surface area (Å²) >= 11 is 0. The summed E-state index contributed by atoms with van der Waals surface area (Å²) in [6.07, 6.45) is 2.20. The monoisotopic (exact) mass is 214 g/mol. The number of Topliss-reactive ketones (excluding diaryl/α,β-unsaturated/α-hetero) is 1. The first-order chi connectivity index (χ1) is 7.00. The van der Waals surface area contributed by atoms with E-state index in [0.29, 0.717) is 12.8 Å². The fraction of sp³-hybridized carbons (Fsp3) is 0.818. The Balaban J connectivity index is 2.93. The minimum Gasteiger partial charge on any atom is -0.424 e. The molecule has 4 nitrogen and oxygen atoms in total. The van der Waals surface area contributed by atoms with Crippen molar-refractivity contribution in [3.05, 3.63) is 0 Å². The normalized spacial score (nSPS) is 34.0. The van der Waals surface area contributed by atoms with Gasteiger partial charge in [-0.1, -0.05) is 20.3 Å². The van der Waals surface area contributed by atoms with Gasteiger partial charge in [-0.25, -0.2) is 0 Å². The second kappa shape index (κ2) is 3.93. The first-order valence-corrected chi connectivity index (χ1v) is 5.30. The molecule has 15 heavy (non-hydrogen) atoms. The van der Waals surface area contributed by atoms with Crippen LogP contribution in [0.5, 0.6) is 0 Å². The van der Waals surface area contributed by atoms with Crippen molar-refractivity contribution in [2.45, 2.75) is 45.8 Å². The predicted molar refractivity (Wildman–Crippen MR) is 54.1 cm³/mol. The highest BCUT2D eigenvalue weighted by Crippen LogP contribution is 2.60. The lowest BCUT2D eigenvalue weighted by Crippen LogP contribution is -2.29. The predicted octanol–water partition coefficient (Wildman–Crippen LogP) is 1.67. The Morgan fingerprint density at radius 3 is 2.33 bits per heavy atom. The zero-order chi connectivity index (χ0) is 11.7. The molecule has 0 aromatic carbocycles. The van der Waals surface area contributed by atoms with Crippen LogP contribution < -0.4 is 0 Å². The standard InChI is InChI=1S/C11H18O4/c1-5-7-10(6-2)9(13)11(10,14-4)15-8(3)12/h5-7H2,1-4H3. The summed E-state index contributed by atoms with van der Waals surface area (Å²) in [5.74, 6) is -1.88. The van der Waals surface area contributed by atoms with Gasteiger partial charge in [0.2, 0.25) is 5.78 Å². The summed E-state index contributed by atoms with van der Waals surface area (Å²) in [6, 6.07) is 0. The molecule has 0 bridgehead atoms. The molecule has 0 aromatic heterocycles. The molecule has 1 aliphatic rings. The Labute approximate surface area is 89.9 Å². The van der Waals surface area contributed by atoms with Crippen molar-refractivity contribution in [1.82, 2.24) is 0 Å². The Hall–Kier alpha value is -0.900. The zero-order valence-corrected chi connectivity index (χ0v) is 9.75. The molecule has 0 saturated heterocycles. The quantitative estimate of drug-likeness (QED) is 0.516. The number of methoxy groups -OCH3 is 1. The Kier molecular flexibility index (Phi) is 3.19. The molecular weight excluding hydrogens is 196 g/mol. The summed E-state index contributed by atoms with van der Waals surface area (Å²) in [6.45, 7) is 5.20. The summed E-state index contributed by atoms with van der Waals surface area (Å²) in [5, 5.41) is 0. The second-order valence-electron chi connectivity index (χ2n) is 3.93. The third-order valence-corrected chi connectivity index (χ3v) is 3.16. The highest BCUT2D eigenvalue weighted by Gasteiger charge is 2.80. The number of ether oxygens (including phenoxy) is 2. The van der Waals surface area contributed by atoms with E-state index in [0.717, 1.165) is 6.42 Å². The van der Waals surface area contributed by atoms with E-state index in [1.54, 1.807) is 0 Å². The van der Waals surface area contributed by atoms with E-state index in [2.05, 4.69) is 0 Å². The largest absolute Gasteiger partial charge is 0.424 e. The summed E-state index contributed by atoms with van der Waals surface area (Å²) < 4.78 is 10.2. The molecule has 0 aromatic rings. The van der Waals surface area contributed by atoms with Gasteiger partial charge in [-0.3, -0.25) is 9.59 Å². The maximum Gasteiger partial charge on any atom is 0.305 e. The van der Waals surface area contributed by atoms with Crippen molar-refractivity contribution in [3.8, 4) is 0 Å². The molecule has 2 atom stereocenters. The lowest BCUT2D eigenvalue weighted by Gasteiger charge is -2.19. The Morgan fingerprint density at radius 2 is 2.00 bits per heavy atom. The van der Waals surface area contributed by atoms with Gasteiger partial charge >= 0.3 is 5.97 Å². The van der Waals surface area contributed by atoms with Crippen molar-refractivity contribution in [3.63, 3.8) is 0 Å². The minimum absolute atomic E-state index is 0.1000. The van der Waals surface area contributed by atoms with Crippen LogP contribution in [0.15, 0.2) is 0 Å². The third kappa shape index (κ3) is 1.47. The van der Waals surface area contributed by atoms with Crippen LogP contribution >= 0.6 is 0 Å². The van der Waals surface area contributed by atoms with Gasteiger partial charge in [-0.15, -0.1) is 0 Å². The van der Waals surface area contributed by atoms with Gasteiger partial charge in [0.1, 0.15) is 5.41 Å². The number of rotatable bonds is 5. The Morgan fingerprint density at radius 1 is 1.40 bits per heavy atom. The molecule has 0 heterocycles. The van der Waals surface area contributed by atoms with Crippen molar-refractivity contribution >= 4 is 11.8 Å². The molecule has 0 spiro atoms. The molecule has 0 N–H and O–H groups in total. The van der Waals surface area contributed by atoms with E-state index in [9.17, 15) is 9.59 Å². The van der Waals surface area contributed by atoms with Crippen LogP contribution in [-0.2, 0) is 19.1 Å². The van der Waals surface area contributed by atoms with Crippen LogP contribution in [0.1, 0.15) is 40.0 Å². The first-order valence-electron chi connectivity index (χ1n) is 5.30. The highest BCUT2D eigenvalue weighted by atomic mass is 16.7. The van der Waals surface area contributed by atoms with Gasteiger partial charge in [-0.05, 0) is 12.8 Å². The molecular formula is C11H18O4. The average molecular weight is 214 g/mol. The molecule has 0 amide bonds. The van der Waals surface area contributed by atoms with Gasteiger partial charge in [0.15, 0.2) is 0 Å². The zero-order valence-electron chi connectivity index (χ0n) is 9.75. The summed E-state index contributed by atoms with van der Waals surface area (Å²) in [7, 11) is 1.41. The maximum absolute atomic E-state index is 11.8. The molecule has 2 unspecified atom stereocenters. The van der Waals surface area contributed by atoms with Gasteiger partial charge < -0.3 is 9.47 Å². The van der Waals surface area contributed by atoms with Crippen LogP contribution in [0.3, 0.4) is 0 Å². The highest BCUT2D eigenvalue weighted by molar-refractivity contribution is 6.11. The minimum atomic E-state index is -1.30. The van der Waals surface area contributed by atoms with E-state index >= 15 is 0 Å². The van der Waals surface area contributed by atoms with E-state index in [-0.39, 0.29) is 5.78 Å². The van der Waals surface area contributed by atoms with E-state index in [1.165, 1.54) is 14.0 Å². The van der Waals surface area contributed by atoms with Gasteiger partial charge in [0, 0.05) is 14.0 Å². The number of ketones is 1. The molecule has 4 heteroatoms. The van der Waals surface area contributed by atoms with E-state index < -0.39 is 17.2 Å². The molecule has 0 radical (unpaired) electrons. The lowest BCUT2D eigenvalue weighted by molar-refractivity contribution is -0.193. The molecule has 1 aliphatic carbocycles. The van der Waals surface area contributed by atoms with Crippen LogP contribution in [0, 0.1) is 5.41 Å². The van der Waals surface area contributed by atoms with Crippen molar-refractivity contribution in [2.75, 3.05) is 7.11 Å². The SMILES string of the molecule is CCCC1(CC)C(=O)C1(OC)OC(C)=O. The lowest BCUT2D eigenvalue weighted by atomic mass is 9.96. The third-order valence-electron chi connectivity index (χ3n) is 3.16. The van der Waals surface area contributed by atoms with Crippen molar-refractivity contribution in [2.24, 2.45) is 5.41 Å². The fourth-order valence-corrected chi connectivity index (χ4v) is 2.37. The first kappa shape index (κ1) is 12.2. The Bertz CT molecular complexity index is 286. The number of esters is 1. The fourth-order valence-electron chi connectivity index (χ4n) is 2.37. The second-order valence-corrected chi connectivity index (χ2v) is 3.93. The van der Waals surface area contributed by atoms with Crippen LogP contribution in [0.2, 0.25) is 0 Å². The van der Waals surface area contributed by atoms with E-state index in [1.807, 2.05) is 13.8 Å². The van der Waals surface area contributed by atoms with Gasteiger partial charge in [-0.2, -0.15) is 0 Å². The van der Waals surface area contributed by atoms with Gasteiger partial charge in [0.05, 0.1) is 0 Å². The maximum atomic E-state index is 11.8. The topological polar surface area (TPSA) is 52.6 Å². The van der Waals surface area contributed by atoms with E-state index in [4.69, 9.17) is 9.47 Å². The van der Waals surface area contributed by atoms with Crippen molar-refractivity contribution < 1.29 is 19.1 Å². The molecule has 1 saturated carbocycles. The molecule has 86 valence electrons. The number of hydrogen-bond donors (Lipinski definition) is 0. The molecule has 0 aliphatic heterocycles. The number of carbonyl (C=O) groups is 2. The van der Waals surface area contributed by atoms with Gasteiger partial charge in [0.25, 0.3) is 5.79 Å². The summed E-state index contributed by atoms with van der Waals surface area (Å²) in [5.41, 5.74) is -0.609. The molecule has 1 fully saturated rings. The van der Waals surface area contributed by atoms with Crippen LogP contribution in [-0.4, -0.2) is 24.6 Å². The van der Waals surface area contributed by atoms with Crippen LogP contribution in [0.25, 0.3) is 0 Å². The number of hydrogen-bond acceptors (Lipinski definition) is 4. The average Bonchev–Trinajstić information content (AvgIpc) is 2.68. The number of carbonyl (C=O) groups excluding carboxylic acids is 2. The van der Waals surface area contributed by atoms with Crippen LogP contribution in [0.4, 0.5) is 0 Å². The molecule has 1 rings (SSSR count). The van der Waals surface area contributed by atoms with Crippen molar-refractivity contribution in [1.29, 1.82) is 0 Å². The smallest absolute Gasteiger partial charge is 0.305 e.